The highest BCUT2D eigenvalue weighted by atomic mass is 16.5. The number of piperidine rings is 1. The molecule has 0 amide bonds. The van der Waals surface area contributed by atoms with E-state index in [1.807, 2.05) is 0 Å². The number of likely N-dealkylation sites (tertiary alicyclic amines) is 1. The molecule has 2 N–H and O–H groups in total. The molecule has 0 spiro atoms. The maximum Gasteiger partial charge on any atom is 0.0596 e. The first-order valence-corrected chi connectivity index (χ1v) is 6.26. The van der Waals surface area contributed by atoms with E-state index in [-0.39, 0.29) is 0 Å². The fourth-order valence-corrected chi connectivity index (χ4v) is 2.24. The van der Waals surface area contributed by atoms with Gasteiger partial charge in [-0.15, -0.1) is 0 Å². The number of hydrogen-bond acceptors (Lipinski definition) is 3. The number of ether oxygens (including phenoxy) is 1. The Morgan fingerprint density at radius 2 is 2.27 bits per heavy atom. The molecular weight excluding hydrogens is 188 g/mol. The lowest BCUT2D eigenvalue weighted by Gasteiger charge is -2.32. The summed E-state index contributed by atoms with van der Waals surface area (Å²) in [6.07, 6.45) is 4.22. The van der Waals surface area contributed by atoms with Crippen LogP contribution in [0, 0.1) is 5.92 Å². The molecule has 3 nitrogen and oxygen atoms in total. The van der Waals surface area contributed by atoms with E-state index in [0.717, 1.165) is 25.6 Å². The summed E-state index contributed by atoms with van der Waals surface area (Å²) in [6, 6.07) is 0. The summed E-state index contributed by atoms with van der Waals surface area (Å²) in [7, 11) is 0. The van der Waals surface area contributed by atoms with Gasteiger partial charge < -0.3 is 15.4 Å². The summed E-state index contributed by atoms with van der Waals surface area (Å²) in [5.74, 6) is 0.822. The summed E-state index contributed by atoms with van der Waals surface area (Å²) in [6.45, 7) is 9.43. The Morgan fingerprint density at radius 1 is 1.47 bits per heavy atom. The van der Waals surface area contributed by atoms with Crippen LogP contribution in [0.5, 0.6) is 0 Å². The lowest BCUT2D eigenvalue weighted by atomic mass is 9.95. The summed E-state index contributed by atoms with van der Waals surface area (Å²) >= 11 is 0. The average Bonchev–Trinajstić information content (AvgIpc) is 2.18. The van der Waals surface area contributed by atoms with Gasteiger partial charge in [-0.3, -0.25) is 0 Å². The Bertz CT molecular complexity index is 160. The molecule has 3 heteroatoms. The van der Waals surface area contributed by atoms with E-state index in [9.17, 15) is 0 Å². The van der Waals surface area contributed by atoms with Crippen LogP contribution in [0.1, 0.15) is 33.1 Å². The molecule has 0 aliphatic carbocycles. The summed E-state index contributed by atoms with van der Waals surface area (Å²) in [5, 5.41) is 0. The van der Waals surface area contributed by atoms with Gasteiger partial charge in [-0.2, -0.15) is 0 Å². The second kappa shape index (κ2) is 7.20. The zero-order valence-corrected chi connectivity index (χ0v) is 10.2. The molecular formula is C12H26N2O. The molecule has 1 fully saturated rings. The Balaban J connectivity index is 2.12. The minimum absolute atomic E-state index is 0.356. The maximum absolute atomic E-state index is 5.60. The third kappa shape index (κ3) is 5.50. The van der Waals surface area contributed by atoms with Crippen LogP contribution in [0.2, 0.25) is 0 Å². The molecule has 1 aliphatic rings. The summed E-state index contributed by atoms with van der Waals surface area (Å²) < 4.78 is 5.57. The van der Waals surface area contributed by atoms with Crippen LogP contribution in [0.3, 0.4) is 0 Å². The predicted octanol–water partition coefficient (Wildman–Crippen LogP) is 1.47. The number of rotatable bonds is 6. The average molecular weight is 214 g/mol. The second-order valence-electron chi connectivity index (χ2n) is 4.81. The van der Waals surface area contributed by atoms with Crippen LogP contribution in [0.15, 0.2) is 0 Å². The van der Waals surface area contributed by atoms with Crippen LogP contribution in [-0.2, 0) is 4.74 Å². The first kappa shape index (κ1) is 12.9. The van der Waals surface area contributed by atoms with E-state index in [2.05, 4.69) is 18.7 Å². The molecule has 1 saturated heterocycles. The number of nitrogens with two attached hydrogens (primary N) is 1. The molecule has 15 heavy (non-hydrogen) atoms. The van der Waals surface area contributed by atoms with E-state index in [1.54, 1.807) is 0 Å². The van der Waals surface area contributed by atoms with Gasteiger partial charge in [-0.25, -0.2) is 0 Å². The highest BCUT2D eigenvalue weighted by Crippen LogP contribution is 2.18. The fourth-order valence-electron chi connectivity index (χ4n) is 2.24. The van der Waals surface area contributed by atoms with Crippen molar-refractivity contribution >= 4 is 0 Å². The van der Waals surface area contributed by atoms with Gasteiger partial charge in [0.1, 0.15) is 0 Å². The van der Waals surface area contributed by atoms with Crippen molar-refractivity contribution < 1.29 is 4.74 Å². The molecule has 90 valence electrons. The molecule has 1 atom stereocenters. The molecule has 0 aromatic heterocycles. The third-order valence-corrected chi connectivity index (χ3v) is 3.04. The van der Waals surface area contributed by atoms with Gasteiger partial charge in [-0.05, 0) is 52.1 Å². The largest absolute Gasteiger partial charge is 0.377 e. The highest BCUT2D eigenvalue weighted by molar-refractivity contribution is 4.73. The first-order chi connectivity index (χ1) is 7.22. The van der Waals surface area contributed by atoms with Gasteiger partial charge in [0.25, 0.3) is 0 Å². The van der Waals surface area contributed by atoms with Gasteiger partial charge in [0, 0.05) is 13.1 Å². The lowest BCUT2D eigenvalue weighted by Crippen LogP contribution is -2.38. The Morgan fingerprint density at radius 3 is 2.93 bits per heavy atom. The maximum atomic E-state index is 5.60. The molecule has 1 aliphatic heterocycles. The highest BCUT2D eigenvalue weighted by Gasteiger charge is 2.18. The second-order valence-corrected chi connectivity index (χ2v) is 4.81. The van der Waals surface area contributed by atoms with E-state index in [4.69, 9.17) is 10.5 Å². The molecule has 1 rings (SSSR count). The molecule has 0 aromatic carbocycles. The zero-order chi connectivity index (χ0) is 11.1. The van der Waals surface area contributed by atoms with Gasteiger partial charge in [0.15, 0.2) is 0 Å². The minimum atomic E-state index is 0.356. The smallest absolute Gasteiger partial charge is 0.0596 e. The van der Waals surface area contributed by atoms with Crippen LogP contribution in [0.4, 0.5) is 0 Å². The normalized spacial score (nSPS) is 23.6. The van der Waals surface area contributed by atoms with Gasteiger partial charge in [0.05, 0.1) is 12.7 Å². The summed E-state index contributed by atoms with van der Waals surface area (Å²) in [5.41, 5.74) is 5.60. The van der Waals surface area contributed by atoms with E-state index >= 15 is 0 Å². The van der Waals surface area contributed by atoms with Gasteiger partial charge in [-0.1, -0.05) is 0 Å². The monoisotopic (exact) mass is 214 g/mol. The van der Waals surface area contributed by atoms with Gasteiger partial charge >= 0.3 is 0 Å². The van der Waals surface area contributed by atoms with Gasteiger partial charge in [0.2, 0.25) is 0 Å². The van der Waals surface area contributed by atoms with Crippen LogP contribution in [-0.4, -0.2) is 43.8 Å². The number of nitrogens with zero attached hydrogens (tertiary/aromatic N) is 1. The molecule has 0 saturated carbocycles. The topological polar surface area (TPSA) is 38.5 Å². The van der Waals surface area contributed by atoms with Crippen molar-refractivity contribution in [2.45, 2.75) is 39.2 Å². The number of hydrogen-bond donors (Lipinski definition) is 1. The summed E-state index contributed by atoms with van der Waals surface area (Å²) in [4.78, 5) is 2.52. The van der Waals surface area contributed by atoms with Crippen molar-refractivity contribution in [3.8, 4) is 0 Å². The third-order valence-electron chi connectivity index (χ3n) is 3.04. The van der Waals surface area contributed by atoms with Crippen molar-refractivity contribution in [2.75, 3.05) is 32.8 Å². The molecule has 0 bridgehead atoms. The quantitative estimate of drug-likeness (QED) is 0.728. The zero-order valence-electron chi connectivity index (χ0n) is 10.2. The van der Waals surface area contributed by atoms with E-state index < -0.39 is 0 Å². The van der Waals surface area contributed by atoms with Crippen molar-refractivity contribution in [1.29, 1.82) is 0 Å². The Kier molecular flexibility index (Phi) is 6.22. The van der Waals surface area contributed by atoms with Crippen LogP contribution < -0.4 is 5.73 Å². The van der Waals surface area contributed by atoms with Crippen molar-refractivity contribution in [1.82, 2.24) is 4.90 Å². The molecule has 0 aromatic rings. The van der Waals surface area contributed by atoms with E-state index in [1.165, 1.54) is 32.4 Å². The van der Waals surface area contributed by atoms with Crippen LogP contribution >= 0.6 is 0 Å². The Hall–Kier alpha value is -0.120. The SMILES string of the molecule is CC(C)OCCN1CCCC(CCN)C1. The van der Waals surface area contributed by atoms with Crippen molar-refractivity contribution in [3.05, 3.63) is 0 Å². The molecule has 0 radical (unpaired) electrons. The van der Waals surface area contributed by atoms with E-state index in [0.29, 0.717) is 6.10 Å². The molecule has 1 heterocycles. The minimum Gasteiger partial charge on any atom is -0.377 e. The molecule has 1 unspecified atom stereocenters. The van der Waals surface area contributed by atoms with Crippen molar-refractivity contribution in [3.63, 3.8) is 0 Å². The fraction of sp³-hybridized carbons (Fsp3) is 1.00. The van der Waals surface area contributed by atoms with Crippen molar-refractivity contribution in [2.24, 2.45) is 11.7 Å². The first-order valence-electron chi connectivity index (χ1n) is 6.26. The predicted molar refractivity (Wildman–Crippen MR) is 63.9 cm³/mol. The lowest BCUT2D eigenvalue weighted by molar-refractivity contribution is 0.0483. The van der Waals surface area contributed by atoms with Crippen LogP contribution in [0.25, 0.3) is 0 Å². The Labute approximate surface area is 94.0 Å². The standard InChI is InChI=1S/C12H26N2O/c1-11(2)15-9-8-14-7-3-4-12(10-14)5-6-13/h11-12H,3-10,13H2,1-2H3.